The van der Waals surface area contributed by atoms with Crippen LogP contribution in [0, 0.1) is 0 Å². The van der Waals surface area contributed by atoms with Gasteiger partial charge in [0.15, 0.2) is 4.80 Å². The van der Waals surface area contributed by atoms with Gasteiger partial charge in [-0.1, -0.05) is 41.1 Å². The average molecular weight is 634 g/mol. The number of allylic oxidation sites excluding steroid dienone is 1. The zero-order valence-electron chi connectivity index (χ0n) is 22.6. The molecule has 10 heteroatoms. The molecule has 0 saturated heterocycles. The minimum Gasteiger partial charge on any atom is -0.491 e. The van der Waals surface area contributed by atoms with Crippen LogP contribution in [0.3, 0.4) is 0 Å². The van der Waals surface area contributed by atoms with Crippen LogP contribution in [0.4, 0.5) is 0 Å². The molecule has 0 saturated carbocycles. The van der Waals surface area contributed by atoms with Crippen molar-refractivity contribution in [2.24, 2.45) is 4.99 Å². The molecular formula is C29H30BrClN2O5S. The second kappa shape index (κ2) is 12.1. The highest BCUT2D eigenvalue weighted by atomic mass is 79.9. The van der Waals surface area contributed by atoms with Gasteiger partial charge in [-0.3, -0.25) is 9.36 Å². The molecule has 0 fully saturated rings. The van der Waals surface area contributed by atoms with Gasteiger partial charge in [0.2, 0.25) is 0 Å². The van der Waals surface area contributed by atoms with Gasteiger partial charge >= 0.3 is 5.97 Å². The number of halogens is 2. The van der Waals surface area contributed by atoms with E-state index in [2.05, 4.69) is 20.9 Å². The molecule has 206 valence electrons. The van der Waals surface area contributed by atoms with Crippen LogP contribution < -0.4 is 24.4 Å². The van der Waals surface area contributed by atoms with Crippen molar-refractivity contribution in [3.05, 3.63) is 88.0 Å². The van der Waals surface area contributed by atoms with E-state index in [-0.39, 0.29) is 24.4 Å². The molecule has 0 aliphatic carbocycles. The lowest BCUT2D eigenvalue weighted by molar-refractivity contribution is -0.139. The molecule has 7 nitrogen and oxygen atoms in total. The molecule has 2 aromatic carbocycles. The third-order valence-electron chi connectivity index (χ3n) is 5.77. The van der Waals surface area contributed by atoms with E-state index in [0.29, 0.717) is 52.7 Å². The molecule has 0 radical (unpaired) electrons. The number of thiazole rings is 1. The first-order valence-electron chi connectivity index (χ1n) is 12.6. The Morgan fingerprint density at radius 1 is 1.18 bits per heavy atom. The lowest BCUT2D eigenvalue weighted by Crippen LogP contribution is -2.40. The summed E-state index contributed by atoms with van der Waals surface area (Å²) in [5.41, 5.74) is 1.80. The Hall–Kier alpha value is -2.88. The standard InChI is InChI=1S/C29H30BrClN2O5S/c1-7-36-28(35)24-17(6)32-29-33(25(24)20-10-8-9-11-22(20)37-15(2)3)27(34)23(39-29)13-18-12-19(31)14-21(30)26(18)38-16(4)5/h8-16,25H,7H2,1-6H3/b23-13-/t25-/m0/s1. The van der Waals surface area contributed by atoms with Crippen molar-refractivity contribution in [1.29, 1.82) is 0 Å². The minimum atomic E-state index is -0.783. The summed E-state index contributed by atoms with van der Waals surface area (Å²) in [4.78, 5) is 32.4. The van der Waals surface area contributed by atoms with Gasteiger partial charge in [-0.15, -0.1) is 0 Å². The second-order valence-corrected chi connectivity index (χ2v) is 11.8. The fourth-order valence-corrected chi connectivity index (χ4v) is 6.31. The van der Waals surface area contributed by atoms with Crippen molar-refractivity contribution in [2.45, 2.75) is 59.8 Å². The van der Waals surface area contributed by atoms with E-state index in [0.717, 1.165) is 0 Å². The van der Waals surface area contributed by atoms with Crippen molar-refractivity contribution < 1.29 is 19.0 Å². The van der Waals surface area contributed by atoms with Gasteiger partial charge < -0.3 is 14.2 Å². The van der Waals surface area contributed by atoms with E-state index in [1.165, 1.54) is 11.3 Å². The third kappa shape index (κ3) is 6.15. The number of carbonyl (C=O) groups is 1. The summed E-state index contributed by atoms with van der Waals surface area (Å²) in [6.45, 7) is 11.4. The topological polar surface area (TPSA) is 79.1 Å². The number of carbonyl (C=O) groups excluding carboxylic acids is 1. The van der Waals surface area contributed by atoms with Crippen LogP contribution in [0.25, 0.3) is 6.08 Å². The highest BCUT2D eigenvalue weighted by molar-refractivity contribution is 9.10. The molecular weight excluding hydrogens is 604 g/mol. The van der Waals surface area contributed by atoms with E-state index in [1.807, 2.05) is 52.0 Å². The quantitative estimate of drug-likeness (QED) is 0.294. The maximum Gasteiger partial charge on any atom is 0.338 e. The van der Waals surface area contributed by atoms with Crippen LogP contribution in [0.15, 0.2) is 61.9 Å². The van der Waals surface area contributed by atoms with Crippen LogP contribution in [-0.4, -0.2) is 29.4 Å². The summed E-state index contributed by atoms with van der Waals surface area (Å²) in [5, 5.41) is 0.495. The molecule has 1 aliphatic rings. The van der Waals surface area contributed by atoms with Gasteiger partial charge in [-0.25, -0.2) is 9.79 Å². The molecule has 4 rings (SSSR count). The van der Waals surface area contributed by atoms with Crippen LogP contribution in [0.1, 0.15) is 58.7 Å². The van der Waals surface area contributed by atoms with Crippen LogP contribution >= 0.6 is 38.9 Å². The number of aromatic nitrogens is 1. The number of para-hydroxylation sites is 1. The molecule has 0 unspecified atom stereocenters. The number of esters is 1. The molecule has 1 aliphatic heterocycles. The maximum absolute atomic E-state index is 14.1. The molecule has 0 N–H and O–H groups in total. The molecule has 0 bridgehead atoms. The monoisotopic (exact) mass is 632 g/mol. The van der Waals surface area contributed by atoms with E-state index in [4.69, 9.17) is 25.8 Å². The van der Waals surface area contributed by atoms with Crippen molar-refractivity contribution >= 4 is 50.9 Å². The SMILES string of the molecule is CCOC(=O)C1=C(C)N=c2s/c(=C\c3cc(Cl)cc(Br)c3OC(C)C)c(=O)n2[C@H]1c1ccccc1OC(C)C. The summed E-state index contributed by atoms with van der Waals surface area (Å²) >= 11 is 11.1. The van der Waals surface area contributed by atoms with Crippen LogP contribution in [0.2, 0.25) is 5.02 Å². The van der Waals surface area contributed by atoms with E-state index in [1.54, 1.807) is 36.6 Å². The zero-order valence-corrected chi connectivity index (χ0v) is 25.7. The van der Waals surface area contributed by atoms with Gasteiger partial charge in [-0.2, -0.15) is 0 Å². The van der Waals surface area contributed by atoms with Gasteiger partial charge in [-0.05, 0) is 81.7 Å². The summed E-state index contributed by atoms with van der Waals surface area (Å²) < 4.78 is 20.2. The van der Waals surface area contributed by atoms with E-state index >= 15 is 0 Å². The number of benzene rings is 2. The molecule has 0 amide bonds. The van der Waals surface area contributed by atoms with Gasteiger partial charge in [0, 0.05) is 16.1 Å². The van der Waals surface area contributed by atoms with Crippen LogP contribution in [-0.2, 0) is 9.53 Å². The third-order valence-corrected chi connectivity index (χ3v) is 7.56. The summed E-state index contributed by atoms with van der Waals surface area (Å²) in [6.07, 6.45) is 1.54. The van der Waals surface area contributed by atoms with Crippen molar-refractivity contribution in [3.8, 4) is 11.5 Å². The average Bonchev–Trinajstić information content (AvgIpc) is 3.14. The molecule has 3 aromatic rings. The Labute approximate surface area is 244 Å². The first-order valence-corrected chi connectivity index (χ1v) is 14.6. The van der Waals surface area contributed by atoms with E-state index < -0.39 is 12.0 Å². The first kappa shape index (κ1) is 29.1. The summed E-state index contributed by atoms with van der Waals surface area (Å²) in [6, 6.07) is 10.1. The number of nitrogens with zero attached hydrogens (tertiary/aromatic N) is 2. The Kier molecular flexibility index (Phi) is 9.03. The lowest BCUT2D eigenvalue weighted by Gasteiger charge is -2.26. The number of ether oxygens (including phenoxy) is 3. The van der Waals surface area contributed by atoms with Gasteiger partial charge in [0.1, 0.15) is 17.5 Å². The van der Waals surface area contributed by atoms with Crippen molar-refractivity contribution in [2.75, 3.05) is 6.61 Å². The Morgan fingerprint density at radius 3 is 2.54 bits per heavy atom. The van der Waals surface area contributed by atoms with Gasteiger partial charge in [0.25, 0.3) is 5.56 Å². The first-order chi connectivity index (χ1) is 18.5. The number of fused-ring (bicyclic) bond motifs is 1. The zero-order chi connectivity index (χ0) is 28.4. The fraction of sp³-hybridized carbons (Fsp3) is 0.345. The highest BCUT2D eigenvalue weighted by Gasteiger charge is 2.35. The Morgan fingerprint density at radius 2 is 1.87 bits per heavy atom. The number of hydrogen-bond donors (Lipinski definition) is 0. The lowest BCUT2D eigenvalue weighted by atomic mass is 9.95. The Balaban J connectivity index is 2.00. The largest absolute Gasteiger partial charge is 0.491 e. The highest BCUT2D eigenvalue weighted by Crippen LogP contribution is 2.37. The normalized spacial score (nSPS) is 15.4. The predicted octanol–water partition coefficient (Wildman–Crippen LogP) is 5.79. The molecule has 1 aromatic heterocycles. The molecule has 39 heavy (non-hydrogen) atoms. The van der Waals surface area contributed by atoms with Crippen LogP contribution in [0.5, 0.6) is 11.5 Å². The fourth-order valence-electron chi connectivity index (χ4n) is 4.34. The second-order valence-electron chi connectivity index (χ2n) is 9.48. The molecule has 2 heterocycles. The minimum absolute atomic E-state index is 0.0944. The number of hydrogen-bond acceptors (Lipinski definition) is 7. The Bertz CT molecular complexity index is 1620. The summed E-state index contributed by atoms with van der Waals surface area (Å²) in [5.74, 6) is 0.634. The van der Waals surface area contributed by atoms with Crippen molar-refractivity contribution in [1.82, 2.24) is 4.57 Å². The number of rotatable bonds is 8. The maximum atomic E-state index is 14.1. The predicted molar refractivity (Wildman–Crippen MR) is 158 cm³/mol. The molecule has 0 spiro atoms. The van der Waals surface area contributed by atoms with Crippen molar-refractivity contribution in [3.63, 3.8) is 0 Å². The van der Waals surface area contributed by atoms with Gasteiger partial charge in [0.05, 0.1) is 39.1 Å². The summed E-state index contributed by atoms with van der Waals surface area (Å²) in [7, 11) is 0. The molecule has 1 atom stereocenters. The smallest absolute Gasteiger partial charge is 0.338 e. The van der Waals surface area contributed by atoms with E-state index in [9.17, 15) is 9.59 Å².